The van der Waals surface area contributed by atoms with Crippen LogP contribution >= 0.6 is 0 Å². The molecule has 0 spiro atoms. The van der Waals surface area contributed by atoms with Crippen LogP contribution in [0, 0.1) is 5.92 Å². The van der Waals surface area contributed by atoms with E-state index in [1.54, 1.807) is 12.1 Å². The zero-order valence-electron chi connectivity index (χ0n) is 12.9. The van der Waals surface area contributed by atoms with Crippen LogP contribution in [0.5, 0.6) is 5.75 Å². The van der Waals surface area contributed by atoms with Gasteiger partial charge in [0.1, 0.15) is 5.75 Å². The Hall–Kier alpha value is -1.55. The van der Waals surface area contributed by atoms with E-state index in [9.17, 15) is 4.79 Å². The number of ether oxygens (including phenoxy) is 2. The minimum absolute atomic E-state index is 0.0156. The van der Waals surface area contributed by atoms with Crippen LogP contribution in [0.2, 0.25) is 0 Å². The molecule has 2 rings (SSSR count). The molecule has 1 aliphatic rings. The molecule has 2 unspecified atom stereocenters. The summed E-state index contributed by atoms with van der Waals surface area (Å²) in [5.74, 6) is 1.44. The van der Waals surface area contributed by atoms with E-state index in [0.717, 1.165) is 38.2 Å². The third-order valence-electron chi connectivity index (χ3n) is 3.86. The molecule has 1 aliphatic heterocycles. The van der Waals surface area contributed by atoms with Gasteiger partial charge < -0.3 is 14.8 Å². The van der Waals surface area contributed by atoms with Gasteiger partial charge in [-0.25, -0.2) is 0 Å². The maximum atomic E-state index is 12.0. The molecule has 0 saturated carbocycles. The molecule has 1 fully saturated rings. The van der Waals surface area contributed by atoms with Crippen LogP contribution in [0.1, 0.15) is 43.5 Å². The first kappa shape index (κ1) is 15.8. The van der Waals surface area contributed by atoms with Crippen molar-refractivity contribution in [1.29, 1.82) is 0 Å². The Morgan fingerprint density at radius 2 is 2.14 bits per heavy atom. The molecular weight excluding hydrogens is 266 g/mol. The fourth-order valence-electron chi connectivity index (χ4n) is 2.71. The molecule has 0 aliphatic carbocycles. The third kappa shape index (κ3) is 5.05. The van der Waals surface area contributed by atoms with Crippen LogP contribution in [-0.2, 0) is 4.74 Å². The predicted octanol–water partition coefficient (Wildman–Crippen LogP) is 3.02. The van der Waals surface area contributed by atoms with Crippen molar-refractivity contribution in [3.63, 3.8) is 0 Å². The molecule has 0 radical (unpaired) electrons. The van der Waals surface area contributed by atoms with Crippen molar-refractivity contribution < 1.29 is 14.3 Å². The number of nitrogens with one attached hydrogen (secondary N) is 1. The molecule has 0 aromatic heterocycles. The predicted molar refractivity (Wildman–Crippen MR) is 82.7 cm³/mol. The zero-order valence-corrected chi connectivity index (χ0v) is 12.9. The van der Waals surface area contributed by atoms with Crippen LogP contribution in [0.25, 0.3) is 0 Å². The van der Waals surface area contributed by atoms with Gasteiger partial charge in [-0.1, -0.05) is 0 Å². The molecule has 1 aromatic rings. The van der Waals surface area contributed by atoms with Crippen LogP contribution < -0.4 is 10.1 Å². The Kier molecular flexibility index (Phi) is 6.05. The lowest BCUT2D eigenvalue weighted by Gasteiger charge is -2.27. The molecular formula is C17H25NO3. The van der Waals surface area contributed by atoms with Crippen molar-refractivity contribution in [3.05, 3.63) is 29.8 Å². The lowest BCUT2D eigenvalue weighted by atomic mass is 9.93. The van der Waals surface area contributed by atoms with Gasteiger partial charge in [0.15, 0.2) is 0 Å². The average molecular weight is 291 g/mol. The number of hydrogen-bond acceptors (Lipinski definition) is 3. The number of amides is 1. The molecule has 1 aromatic carbocycles. The van der Waals surface area contributed by atoms with E-state index in [4.69, 9.17) is 9.47 Å². The van der Waals surface area contributed by atoms with Gasteiger partial charge in [-0.15, -0.1) is 0 Å². The molecule has 1 heterocycles. The van der Waals surface area contributed by atoms with Crippen molar-refractivity contribution in [3.8, 4) is 5.75 Å². The van der Waals surface area contributed by atoms with E-state index >= 15 is 0 Å². The van der Waals surface area contributed by atoms with Gasteiger partial charge in [-0.05, 0) is 63.3 Å². The highest BCUT2D eigenvalue weighted by Crippen LogP contribution is 2.22. The molecule has 116 valence electrons. The number of carbonyl (C=O) groups excluding carboxylic acids is 1. The largest absolute Gasteiger partial charge is 0.494 e. The second-order valence-electron chi connectivity index (χ2n) is 5.57. The summed E-state index contributed by atoms with van der Waals surface area (Å²) in [6.07, 6.45) is 3.57. The van der Waals surface area contributed by atoms with E-state index in [0.29, 0.717) is 24.2 Å². The van der Waals surface area contributed by atoms with Crippen LogP contribution in [-0.4, -0.2) is 31.8 Å². The minimum atomic E-state index is -0.0156. The highest BCUT2D eigenvalue weighted by molar-refractivity contribution is 5.94. The van der Waals surface area contributed by atoms with Crippen LogP contribution in [0.4, 0.5) is 0 Å². The Bertz CT molecular complexity index is 444. The lowest BCUT2D eigenvalue weighted by molar-refractivity contribution is 0.00109. The molecule has 2 atom stereocenters. The Labute approximate surface area is 126 Å². The zero-order chi connectivity index (χ0) is 15.1. The van der Waals surface area contributed by atoms with Crippen LogP contribution in [0.3, 0.4) is 0 Å². The van der Waals surface area contributed by atoms with Gasteiger partial charge in [0, 0.05) is 18.7 Å². The summed E-state index contributed by atoms with van der Waals surface area (Å²) in [4.78, 5) is 12.0. The topological polar surface area (TPSA) is 47.6 Å². The first-order valence-electron chi connectivity index (χ1n) is 7.81. The van der Waals surface area contributed by atoms with E-state index in [1.165, 1.54) is 0 Å². The number of rotatable bonds is 6. The lowest BCUT2D eigenvalue weighted by Crippen LogP contribution is -2.29. The Morgan fingerprint density at radius 1 is 1.38 bits per heavy atom. The number of hydrogen-bond donors (Lipinski definition) is 1. The van der Waals surface area contributed by atoms with Gasteiger partial charge in [-0.3, -0.25) is 4.79 Å². The van der Waals surface area contributed by atoms with E-state index < -0.39 is 0 Å². The Balaban J connectivity index is 1.73. The first-order chi connectivity index (χ1) is 10.2. The summed E-state index contributed by atoms with van der Waals surface area (Å²) in [7, 11) is 0. The van der Waals surface area contributed by atoms with Crippen molar-refractivity contribution in [1.82, 2.24) is 5.32 Å². The number of carbonyl (C=O) groups is 1. The van der Waals surface area contributed by atoms with Gasteiger partial charge in [0.2, 0.25) is 0 Å². The van der Waals surface area contributed by atoms with Crippen molar-refractivity contribution >= 4 is 5.91 Å². The van der Waals surface area contributed by atoms with Crippen molar-refractivity contribution in [2.24, 2.45) is 5.92 Å². The maximum absolute atomic E-state index is 12.0. The van der Waals surface area contributed by atoms with Crippen molar-refractivity contribution in [2.45, 2.75) is 39.2 Å². The molecule has 4 nitrogen and oxygen atoms in total. The SMILES string of the molecule is CCOc1ccc(C(=O)NCCC2CCOC(C)C2)cc1. The summed E-state index contributed by atoms with van der Waals surface area (Å²) in [5.41, 5.74) is 0.679. The van der Waals surface area contributed by atoms with Gasteiger partial charge in [0.05, 0.1) is 12.7 Å². The Morgan fingerprint density at radius 3 is 2.81 bits per heavy atom. The fraction of sp³-hybridized carbons (Fsp3) is 0.588. The van der Waals surface area contributed by atoms with E-state index in [2.05, 4.69) is 12.2 Å². The molecule has 0 bridgehead atoms. The standard InChI is InChI=1S/C17H25NO3/c1-3-20-16-6-4-15(5-7-16)17(19)18-10-8-14-9-11-21-13(2)12-14/h4-7,13-14H,3,8-12H2,1-2H3,(H,18,19). The highest BCUT2D eigenvalue weighted by Gasteiger charge is 2.19. The highest BCUT2D eigenvalue weighted by atomic mass is 16.5. The third-order valence-corrected chi connectivity index (χ3v) is 3.86. The normalized spacial score (nSPS) is 21.8. The monoisotopic (exact) mass is 291 g/mol. The number of benzene rings is 1. The summed E-state index contributed by atoms with van der Waals surface area (Å²) in [5, 5.41) is 2.99. The second kappa shape index (κ2) is 8.03. The summed E-state index contributed by atoms with van der Waals surface area (Å²) >= 11 is 0. The smallest absolute Gasteiger partial charge is 0.251 e. The second-order valence-corrected chi connectivity index (χ2v) is 5.57. The summed E-state index contributed by atoms with van der Waals surface area (Å²) < 4.78 is 10.9. The molecule has 21 heavy (non-hydrogen) atoms. The molecule has 1 amide bonds. The van der Waals surface area contributed by atoms with Gasteiger partial charge >= 0.3 is 0 Å². The molecule has 1 saturated heterocycles. The summed E-state index contributed by atoms with van der Waals surface area (Å²) in [6.45, 7) is 6.26. The molecule has 1 N–H and O–H groups in total. The fourth-order valence-corrected chi connectivity index (χ4v) is 2.71. The molecule has 4 heteroatoms. The minimum Gasteiger partial charge on any atom is -0.494 e. The van der Waals surface area contributed by atoms with Crippen LogP contribution in [0.15, 0.2) is 24.3 Å². The summed E-state index contributed by atoms with van der Waals surface area (Å²) in [6, 6.07) is 7.27. The maximum Gasteiger partial charge on any atom is 0.251 e. The van der Waals surface area contributed by atoms with Crippen molar-refractivity contribution in [2.75, 3.05) is 19.8 Å². The van der Waals surface area contributed by atoms with Gasteiger partial charge in [-0.2, -0.15) is 0 Å². The first-order valence-corrected chi connectivity index (χ1v) is 7.81. The van der Waals surface area contributed by atoms with E-state index in [-0.39, 0.29) is 5.91 Å². The van der Waals surface area contributed by atoms with E-state index in [1.807, 2.05) is 19.1 Å². The average Bonchev–Trinajstić information content (AvgIpc) is 2.48. The quantitative estimate of drug-likeness (QED) is 0.876. The van der Waals surface area contributed by atoms with Gasteiger partial charge in [0.25, 0.3) is 5.91 Å².